The number of carbonyl (C=O) groups is 1. The van der Waals surface area contributed by atoms with Gasteiger partial charge in [-0.3, -0.25) is 4.79 Å². The molecule has 1 aromatic heterocycles. The molecule has 24 heavy (non-hydrogen) atoms. The zero-order valence-corrected chi connectivity index (χ0v) is 14.3. The molecule has 1 aliphatic heterocycles. The largest absolute Gasteiger partial charge is 0.451 e. The lowest BCUT2D eigenvalue weighted by Gasteiger charge is -2.32. The molecule has 0 saturated carbocycles. The molecule has 1 aromatic carbocycles. The number of amides is 1. The molecule has 1 atom stereocenters. The molecule has 6 nitrogen and oxygen atoms in total. The number of rotatable bonds is 3. The Labute approximate surface area is 141 Å². The van der Waals surface area contributed by atoms with Gasteiger partial charge in [0.25, 0.3) is 5.91 Å². The maximum atomic E-state index is 12.6. The third-order valence-electron chi connectivity index (χ3n) is 4.35. The van der Waals surface area contributed by atoms with Crippen molar-refractivity contribution in [2.45, 2.75) is 37.1 Å². The van der Waals surface area contributed by atoms with Crippen molar-refractivity contribution >= 4 is 15.9 Å². The molecule has 1 unspecified atom stereocenters. The molecule has 1 fully saturated rings. The number of sulfonamides is 1. The molecular formula is C17H20N2O4S. The molecule has 0 bridgehead atoms. The summed E-state index contributed by atoms with van der Waals surface area (Å²) in [5.74, 6) is 0.716. The average molecular weight is 348 g/mol. The first-order chi connectivity index (χ1) is 11.4. The van der Waals surface area contributed by atoms with Gasteiger partial charge in [-0.25, -0.2) is 13.6 Å². The quantitative estimate of drug-likeness (QED) is 0.922. The van der Waals surface area contributed by atoms with Crippen molar-refractivity contribution in [1.29, 1.82) is 0 Å². The minimum Gasteiger partial charge on any atom is -0.451 e. The Morgan fingerprint density at radius 2 is 1.88 bits per heavy atom. The van der Waals surface area contributed by atoms with E-state index in [1.165, 1.54) is 12.1 Å². The first-order valence-electron chi connectivity index (χ1n) is 7.90. The molecular weight excluding hydrogens is 328 g/mol. The number of piperidine rings is 1. The van der Waals surface area contributed by atoms with Crippen LogP contribution in [0.3, 0.4) is 0 Å². The zero-order chi connectivity index (χ0) is 17.3. The lowest BCUT2D eigenvalue weighted by molar-refractivity contribution is 0.0604. The van der Waals surface area contributed by atoms with Crippen molar-refractivity contribution in [3.63, 3.8) is 0 Å². The van der Waals surface area contributed by atoms with E-state index in [2.05, 4.69) is 0 Å². The van der Waals surface area contributed by atoms with Gasteiger partial charge in [-0.05, 0) is 62.6 Å². The fourth-order valence-corrected chi connectivity index (χ4v) is 3.47. The van der Waals surface area contributed by atoms with E-state index in [4.69, 9.17) is 9.56 Å². The van der Waals surface area contributed by atoms with Gasteiger partial charge in [0.2, 0.25) is 10.0 Å². The second kappa shape index (κ2) is 6.41. The Balaban J connectivity index is 1.81. The van der Waals surface area contributed by atoms with Crippen LogP contribution in [-0.2, 0) is 10.0 Å². The van der Waals surface area contributed by atoms with E-state index in [1.54, 1.807) is 24.3 Å². The van der Waals surface area contributed by atoms with Crippen LogP contribution in [0.1, 0.15) is 36.7 Å². The Morgan fingerprint density at radius 1 is 1.17 bits per heavy atom. The van der Waals surface area contributed by atoms with E-state index < -0.39 is 10.0 Å². The summed E-state index contributed by atoms with van der Waals surface area (Å²) in [4.78, 5) is 14.5. The van der Waals surface area contributed by atoms with Crippen LogP contribution in [0.25, 0.3) is 11.3 Å². The van der Waals surface area contributed by atoms with Gasteiger partial charge in [0.05, 0.1) is 4.90 Å². The number of likely N-dealkylation sites (tertiary alicyclic amines) is 1. The minimum absolute atomic E-state index is 0.0382. The summed E-state index contributed by atoms with van der Waals surface area (Å²) < 4.78 is 28.3. The van der Waals surface area contributed by atoms with E-state index in [0.29, 0.717) is 17.1 Å². The second-order valence-corrected chi connectivity index (χ2v) is 7.64. The Hall–Kier alpha value is -2.12. The number of carbonyl (C=O) groups excluding carboxylic acids is 1. The first kappa shape index (κ1) is 16.7. The molecule has 1 amide bonds. The summed E-state index contributed by atoms with van der Waals surface area (Å²) in [6.07, 6.45) is 3.16. The van der Waals surface area contributed by atoms with Crippen molar-refractivity contribution in [3.05, 3.63) is 42.2 Å². The molecule has 128 valence electrons. The van der Waals surface area contributed by atoms with E-state index in [9.17, 15) is 13.2 Å². The van der Waals surface area contributed by atoms with E-state index in [-0.39, 0.29) is 16.8 Å². The van der Waals surface area contributed by atoms with Crippen molar-refractivity contribution < 1.29 is 17.6 Å². The fraction of sp³-hybridized carbons (Fsp3) is 0.353. The summed E-state index contributed by atoms with van der Waals surface area (Å²) >= 11 is 0. The van der Waals surface area contributed by atoms with Crippen molar-refractivity contribution in [1.82, 2.24) is 4.90 Å². The molecule has 1 aliphatic rings. The van der Waals surface area contributed by atoms with Gasteiger partial charge in [-0.15, -0.1) is 0 Å². The van der Waals surface area contributed by atoms with Crippen LogP contribution in [0.2, 0.25) is 0 Å². The third kappa shape index (κ3) is 3.37. The Morgan fingerprint density at radius 3 is 2.50 bits per heavy atom. The zero-order valence-electron chi connectivity index (χ0n) is 13.4. The maximum Gasteiger partial charge on any atom is 0.289 e. The van der Waals surface area contributed by atoms with Crippen LogP contribution in [0.5, 0.6) is 0 Å². The van der Waals surface area contributed by atoms with Crippen LogP contribution in [-0.4, -0.2) is 31.8 Å². The maximum absolute atomic E-state index is 12.6. The predicted octanol–water partition coefficient (Wildman–Crippen LogP) is 2.61. The number of nitrogens with two attached hydrogens (primary N) is 1. The molecule has 0 spiro atoms. The van der Waals surface area contributed by atoms with E-state index in [0.717, 1.165) is 25.8 Å². The van der Waals surface area contributed by atoms with Gasteiger partial charge < -0.3 is 9.32 Å². The van der Waals surface area contributed by atoms with Gasteiger partial charge >= 0.3 is 0 Å². The van der Waals surface area contributed by atoms with Crippen LogP contribution < -0.4 is 5.14 Å². The van der Waals surface area contributed by atoms with Crippen molar-refractivity contribution in [2.24, 2.45) is 5.14 Å². The summed E-state index contributed by atoms with van der Waals surface area (Å²) in [6, 6.07) is 9.64. The van der Waals surface area contributed by atoms with Gasteiger partial charge in [0, 0.05) is 18.2 Å². The van der Waals surface area contributed by atoms with Gasteiger partial charge in [-0.1, -0.05) is 0 Å². The SMILES string of the molecule is CC1CCCCN1C(=O)c1ccc(-c2ccc(S(N)(=O)=O)cc2)o1. The molecule has 2 heterocycles. The monoisotopic (exact) mass is 348 g/mol. The molecule has 2 aromatic rings. The molecule has 7 heteroatoms. The minimum atomic E-state index is -3.72. The van der Waals surface area contributed by atoms with Gasteiger partial charge in [-0.2, -0.15) is 0 Å². The van der Waals surface area contributed by atoms with E-state index in [1.807, 2.05) is 11.8 Å². The number of hydrogen-bond donors (Lipinski definition) is 1. The third-order valence-corrected chi connectivity index (χ3v) is 5.28. The van der Waals surface area contributed by atoms with Crippen LogP contribution in [0.4, 0.5) is 0 Å². The summed E-state index contributed by atoms with van der Waals surface area (Å²) in [5.41, 5.74) is 0.688. The fourth-order valence-electron chi connectivity index (χ4n) is 2.96. The van der Waals surface area contributed by atoms with Gasteiger partial charge in [0.15, 0.2) is 5.76 Å². The first-order valence-corrected chi connectivity index (χ1v) is 9.45. The topological polar surface area (TPSA) is 93.6 Å². The summed E-state index contributed by atoms with van der Waals surface area (Å²) in [6.45, 7) is 2.80. The van der Waals surface area contributed by atoms with Crippen LogP contribution >= 0.6 is 0 Å². The van der Waals surface area contributed by atoms with E-state index >= 15 is 0 Å². The number of hydrogen-bond acceptors (Lipinski definition) is 4. The normalized spacial score (nSPS) is 18.6. The standard InChI is InChI=1S/C17H20N2O4S/c1-12-4-2-3-11-19(12)17(20)16-10-9-15(23-16)13-5-7-14(8-6-13)24(18,21)22/h5-10,12H,2-4,11H2,1H3,(H2,18,21,22). The highest BCUT2D eigenvalue weighted by Crippen LogP contribution is 2.26. The smallest absolute Gasteiger partial charge is 0.289 e. The number of primary sulfonamides is 1. The summed E-state index contributed by atoms with van der Waals surface area (Å²) in [5, 5.41) is 5.08. The Bertz CT molecular complexity index is 840. The second-order valence-electron chi connectivity index (χ2n) is 6.08. The van der Waals surface area contributed by atoms with Crippen LogP contribution in [0.15, 0.2) is 45.7 Å². The number of benzene rings is 1. The Kier molecular flexibility index (Phi) is 4.47. The number of nitrogens with zero attached hydrogens (tertiary/aromatic N) is 1. The lowest BCUT2D eigenvalue weighted by atomic mass is 10.0. The van der Waals surface area contributed by atoms with Crippen LogP contribution in [0, 0.1) is 0 Å². The predicted molar refractivity (Wildman–Crippen MR) is 89.9 cm³/mol. The highest BCUT2D eigenvalue weighted by Gasteiger charge is 2.26. The molecule has 1 saturated heterocycles. The molecule has 0 aliphatic carbocycles. The average Bonchev–Trinajstić information content (AvgIpc) is 3.04. The highest BCUT2D eigenvalue weighted by molar-refractivity contribution is 7.89. The molecule has 3 rings (SSSR count). The summed E-state index contributed by atoms with van der Waals surface area (Å²) in [7, 11) is -3.72. The van der Waals surface area contributed by atoms with Crippen molar-refractivity contribution in [3.8, 4) is 11.3 Å². The lowest BCUT2D eigenvalue weighted by Crippen LogP contribution is -2.41. The molecule has 2 N–H and O–H groups in total. The number of furan rings is 1. The molecule has 0 radical (unpaired) electrons. The van der Waals surface area contributed by atoms with Crippen molar-refractivity contribution in [2.75, 3.05) is 6.54 Å². The highest BCUT2D eigenvalue weighted by atomic mass is 32.2. The van der Waals surface area contributed by atoms with Gasteiger partial charge in [0.1, 0.15) is 5.76 Å².